The van der Waals surface area contributed by atoms with Gasteiger partial charge in [0, 0.05) is 22.4 Å². The third-order valence-corrected chi connectivity index (χ3v) is 2.55. The predicted molar refractivity (Wildman–Crippen MR) is 43.5 cm³/mol. The zero-order valence-corrected chi connectivity index (χ0v) is 8.22. The first kappa shape index (κ1) is 9.05. The summed E-state index contributed by atoms with van der Waals surface area (Å²) < 4.78 is 31.2. The van der Waals surface area contributed by atoms with E-state index in [4.69, 9.17) is 4.42 Å². The molecule has 0 bridgehead atoms. The maximum atomic E-state index is 13.2. The molecule has 0 amide bonds. The lowest BCUT2D eigenvalue weighted by Crippen LogP contribution is -2.19. The van der Waals surface area contributed by atoms with Gasteiger partial charge in [0.05, 0.1) is 0 Å². The van der Waals surface area contributed by atoms with Crippen LogP contribution in [0.4, 0.5) is 8.78 Å². The topological polar surface area (TPSA) is 38.9 Å². The quantitative estimate of drug-likeness (QED) is 0.772. The highest BCUT2D eigenvalue weighted by Gasteiger charge is 2.47. The standard InChI is InChI=1S/C7H7BrF2N2O/c8-6-12-11-5(13-6)4-2-1-3-7(4,9)10/h4H,1-3H2. The van der Waals surface area contributed by atoms with Crippen molar-refractivity contribution in [3.05, 3.63) is 10.7 Å². The van der Waals surface area contributed by atoms with Crippen molar-refractivity contribution in [2.24, 2.45) is 0 Å². The Morgan fingerprint density at radius 3 is 2.69 bits per heavy atom. The van der Waals surface area contributed by atoms with Crippen molar-refractivity contribution in [3.63, 3.8) is 0 Å². The van der Waals surface area contributed by atoms with Gasteiger partial charge < -0.3 is 4.42 Å². The van der Waals surface area contributed by atoms with Crippen molar-refractivity contribution in [2.75, 3.05) is 0 Å². The van der Waals surface area contributed by atoms with Gasteiger partial charge in [0.15, 0.2) is 0 Å². The molecule has 1 aliphatic carbocycles. The predicted octanol–water partition coefficient (Wildman–Crippen LogP) is 2.73. The summed E-state index contributed by atoms with van der Waals surface area (Å²) in [5.74, 6) is -3.55. The van der Waals surface area contributed by atoms with Crippen molar-refractivity contribution in [1.82, 2.24) is 10.2 Å². The minimum atomic E-state index is -2.69. The summed E-state index contributed by atoms with van der Waals surface area (Å²) in [6.07, 6.45) is 0.844. The summed E-state index contributed by atoms with van der Waals surface area (Å²) in [4.78, 5) is 0.158. The van der Waals surface area contributed by atoms with Crippen LogP contribution in [-0.4, -0.2) is 16.1 Å². The van der Waals surface area contributed by atoms with E-state index >= 15 is 0 Å². The van der Waals surface area contributed by atoms with Gasteiger partial charge >= 0.3 is 0 Å². The van der Waals surface area contributed by atoms with Crippen molar-refractivity contribution in [2.45, 2.75) is 31.1 Å². The van der Waals surface area contributed by atoms with Gasteiger partial charge in [-0.25, -0.2) is 8.78 Å². The van der Waals surface area contributed by atoms with E-state index in [0.717, 1.165) is 0 Å². The first-order valence-electron chi connectivity index (χ1n) is 3.96. The number of alkyl halides is 2. The molecule has 0 saturated heterocycles. The highest BCUT2D eigenvalue weighted by molar-refractivity contribution is 9.10. The van der Waals surface area contributed by atoms with E-state index in [9.17, 15) is 8.78 Å². The third-order valence-electron chi connectivity index (χ3n) is 2.23. The molecule has 0 radical (unpaired) electrons. The molecule has 1 aromatic heterocycles. The molecule has 1 aromatic rings. The van der Waals surface area contributed by atoms with Crippen LogP contribution in [0.3, 0.4) is 0 Å². The Hall–Kier alpha value is -0.520. The van der Waals surface area contributed by atoms with E-state index in [-0.39, 0.29) is 17.1 Å². The number of halogens is 3. The Labute approximate surface area is 81.7 Å². The summed E-state index contributed by atoms with van der Waals surface area (Å²) in [5, 5.41) is 7.04. The summed E-state index contributed by atoms with van der Waals surface area (Å²) in [7, 11) is 0. The van der Waals surface area contributed by atoms with Crippen LogP contribution in [0.15, 0.2) is 9.22 Å². The molecule has 13 heavy (non-hydrogen) atoms. The van der Waals surface area contributed by atoms with Crippen LogP contribution < -0.4 is 0 Å². The third kappa shape index (κ3) is 1.59. The molecule has 1 heterocycles. The lowest BCUT2D eigenvalue weighted by atomic mass is 10.1. The summed E-state index contributed by atoms with van der Waals surface area (Å²) in [6, 6.07) is 0. The highest BCUT2D eigenvalue weighted by Crippen LogP contribution is 2.46. The molecule has 0 N–H and O–H groups in total. The van der Waals surface area contributed by atoms with E-state index in [2.05, 4.69) is 26.1 Å². The molecule has 1 fully saturated rings. The van der Waals surface area contributed by atoms with Gasteiger partial charge in [0.1, 0.15) is 5.92 Å². The number of rotatable bonds is 1. The van der Waals surface area contributed by atoms with Gasteiger partial charge in [-0.2, -0.15) is 0 Å². The van der Waals surface area contributed by atoms with E-state index < -0.39 is 11.8 Å². The first-order chi connectivity index (χ1) is 6.09. The molecule has 6 heteroatoms. The van der Waals surface area contributed by atoms with Crippen LogP contribution >= 0.6 is 15.9 Å². The molecule has 72 valence electrons. The molecule has 1 aliphatic rings. The van der Waals surface area contributed by atoms with Crippen molar-refractivity contribution in [1.29, 1.82) is 0 Å². The largest absolute Gasteiger partial charge is 0.415 e. The Kier molecular flexibility index (Phi) is 2.09. The lowest BCUT2D eigenvalue weighted by Gasteiger charge is -2.14. The minimum absolute atomic E-state index is 0.0365. The van der Waals surface area contributed by atoms with Gasteiger partial charge in [0.25, 0.3) is 10.7 Å². The van der Waals surface area contributed by atoms with Crippen molar-refractivity contribution < 1.29 is 13.2 Å². The lowest BCUT2D eigenvalue weighted by molar-refractivity contribution is -0.0161. The van der Waals surface area contributed by atoms with Crippen LogP contribution in [-0.2, 0) is 0 Å². The fraction of sp³-hybridized carbons (Fsp3) is 0.714. The monoisotopic (exact) mass is 252 g/mol. The van der Waals surface area contributed by atoms with Gasteiger partial charge in [-0.1, -0.05) is 0 Å². The average Bonchev–Trinajstić information content (AvgIpc) is 2.56. The number of aromatic nitrogens is 2. The van der Waals surface area contributed by atoms with Crippen LogP contribution in [0, 0.1) is 0 Å². The molecule has 0 spiro atoms. The Balaban J connectivity index is 2.26. The van der Waals surface area contributed by atoms with E-state index in [1.165, 1.54) is 0 Å². The van der Waals surface area contributed by atoms with Gasteiger partial charge in [-0.05, 0) is 12.8 Å². The molecule has 1 unspecified atom stereocenters. The molecular weight excluding hydrogens is 246 g/mol. The molecule has 0 aliphatic heterocycles. The maximum absolute atomic E-state index is 13.2. The smallest absolute Gasteiger partial charge is 0.284 e. The summed E-state index contributed by atoms with van der Waals surface area (Å²) >= 11 is 2.93. The second kappa shape index (κ2) is 3.01. The van der Waals surface area contributed by atoms with Crippen LogP contribution in [0.5, 0.6) is 0 Å². The van der Waals surface area contributed by atoms with Crippen LogP contribution in [0.2, 0.25) is 0 Å². The van der Waals surface area contributed by atoms with E-state index in [1.807, 2.05) is 0 Å². The first-order valence-corrected chi connectivity index (χ1v) is 4.75. The zero-order chi connectivity index (χ0) is 9.47. The van der Waals surface area contributed by atoms with Crippen molar-refractivity contribution in [3.8, 4) is 0 Å². The fourth-order valence-electron chi connectivity index (χ4n) is 1.59. The van der Waals surface area contributed by atoms with Crippen LogP contribution in [0.1, 0.15) is 31.1 Å². The SMILES string of the molecule is FC1(F)CCCC1c1nnc(Br)o1. The second-order valence-corrected chi connectivity index (χ2v) is 3.78. The van der Waals surface area contributed by atoms with E-state index in [1.54, 1.807) is 0 Å². The summed E-state index contributed by atoms with van der Waals surface area (Å²) in [6.45, 7) is 0. The fourth-order valence-corrected chi connectivity index (χ4v) is 1.83. The molecular formula is C7H7BrF2N2O. The molecule has 3 nitrogen and oxygen atoms in total. The number of hydrogen-bond donors (Lipinski definition) is 0. The molecule has 2 rings (SSSR count). The minimum Gasteiger partial charge on any atom is -0.415 e. The Morgan fingerprint density at radius 2 is 2.23 bits per heavy atom. The summed E-state index contributed by atoms with van der Waals surface area (Å²) in [5.41, 5.74) is 0. The number of nitrogens with zero attached hydrogens (tertiary/aromatic N) is 2. The average molecular weight is 253 g/mol. The Morgan fingerprint density at radius 1 is 1.46 bits per heavy atom. The Bertz CT molecular complexity index is 315. The molecule has 1 atom stereocenters. The second-order valence-electron chi connectivity index (χ2n) is 3.10. The zero-order valence-electron chi connectivity index (χ0n) is 6.64. The number of hydrogen-bond acceptors (Lipinski definition) is 3. The van der Waals surface area contributed by atoms with Crippen LogP contribution in [0.25, 0.3) is 0 Å². The van der Waals surface area contributed by atoms with Gasteiger partial charge in [-0.3, -0.25) is 0 Å². The van der Waals surface area contributed by atoms with Crippen molar-refractivity contribution >= 4 is 15.9 Å². The maximum Gasteiger partial charge on any atom is 0.284 e. The molecule has 1 saturated carbocycles. The van der Waals surface area contributed by atoms with Gasteiger partial charge in [-0.15, -0.1) is 10.2 Å². The molecule has 0 aromatic carbocycles. The highest BCUT2D eigenvalue weighted by atomic mass is 79.9. The normalized spacial score (nSPS) is 26.5. The van der Waals surface area contributed by atoms with E-state index in [0.29, 0.717) is 12.8 Å². The van der Waals surface area contributed by atoms with Gasteiger partial charge in [0.2, 0.25) is 5.89 Å².